The van der Waals surface area contributed by atoms with E-state index in [9.17, 15) is 4.79 Å². The fraction of sp³-hybridized carbons (Fsp3) is 0.833. The van der Waals surface area contributed by atoms with Crippen molar-refractivity contribution >= 4 is 17.6 Å². The van der Waals surface area contributed by atoms with Gasteiger partial charge in [0.15, 0.2) is 0 Å². The molecule has 60 valence electrons. The predicted octanol–water partition coefficient (Wildman–Crippen LogP) is 0.539. The van der Waals surface area contributed by atoms with Crippen molar-refractivity contribution in [2.45, 2.75) is 19.4 Å². The van der Waals surface area contributed by atoms with E-state index in [1.807, 2.05) is 0 Å². The van der Waals surface area contributed by atoms with Crippen molar-refractivity contribution in [3.8, 4) is 0 Å². The molecule has 3 nitrogen and oxygen atoms in total. The summed E-state index contributed by atoms with van der Waals surface area (Å²) in [6, 6.07) is 0. The lowest BCUT2D eigenvalue weighted by atomic mass is 10.3. The molecule has 0 aromatic rings. The van der Waals surface area contributed by atoms with E-state index in [2.05, 4.69) is 4.74 Å². The van der Waals surface area contributed by atoms with Crippen LogP contribution in [-0.2, 0) is 9.53 Å². The Labute approximate surface area is 64.9 Å². The van der Waals surface area contributed by atoms with E-state index in [0.717, 1.165) is 0 Å². The van der Waals surface area contributed by atoms with Gasteiger partial charge in [-0.1, -0.05) is 6.92 Å². The summed E-state index contributed by atoms with van der Waals surface area (Å²) in [7, 11) is 0. The molecule has 0 spiro atoms. The number of esters is 1. The number of halogens is 1. The number of hydrogen-bond donors (Lipinski definition) is 1. The van der Waals surface area contributed by atoms with Crippen molar-refractivity contribution in [3.05, 3.63) is 0 Å². The Morgan fingerprint density at radius 3 is 2.80 bits per heavy atom. The summed E-state index contributed by atoms with van der Waals surface area (Å²) in [5.74, 6) is -0.648. The number of carbonyl (C=O) groups is 1. The summed E-state index contributed by atoms with van der Waals surface area (Å²) < 4.78 is 4.52. The van der Waals surface area contributed by atoms with Gasteiger partial charge in [0.05, 0.1) is 6.10 Å². The van der Waals surface area contributed by atoms with Crippen LogP contribution < -0.4 is 0 Å². The van der Waals surface area contributed by atoms with Crippen LogP contribution >= 0.6 is 11.6 Å². The van der Waals surface area contributed by atoms with Gasteiger partial charge in [0, 0.05) is 0 Å². The molecule has 1 N–H and O–H groups in total. The summed E-state index contributed by atoms with van der Waals surface area (Å²) in [4.78, 5) is 10.4. The molecular formula is C6H11ClO3. The standard InChI is InChI=1S/C6H11ClO3/c1-2-5(8)4-10-6(9)3-7/h5,8H,2-4H2,1H3. The van der Waals surface area contributed by atoms with Gasteiger partial charge in [0.2, 0.25) is 0 Å². The smallest absolute Gasteiger partial charge is 0.320 e. The third-order valence-electron chi connectivity index (χ3n) is 1.02. The van der Waals surface area contributed by atoms with Crippen LogP contribution in [0.4, 0.5) is 0 Å². The van der Waals surface area contributed by atoms with Gasteiger partial charge in [0.1, 0.15) is 12.5 Å². The van der Waals surface area contributed by atoms with Gasteiger partial charge in [-0.15, -0.1) is 11.6 Å². The second-order valence-corrected chi connectivity index (χ2v) is 2.15. The highest BCUT2D eigenvalue weighted by Gasteiger charge is 2.04. The number of carbonyl (C=O) groups excluding carboxylic acids is 1. The van der Waals surface area contributed by atoms with Gasteiger partial charge >= 0.3 is 5.97 Å². The second-order valence-electron chi connectivity index (χ2n) is 1.88. The summed E-state index contributed by atoms with van der Waals surface area (Å²) in [6.45, 7) is 1.85. The highest BCUT2D eigenvalue weighted by Crippen LogP contribution is 1.91. The first-order valence-corrected chi connectivity index (χ1v) is 3.63. The molecule has 1 atom stereocenters. The van der Waals surface area contributed by atoms with Gasteiger partial charge < -0.3 is 9.84 Å². The van der Waals surface area contributed by atoms with Crippen LogP contribution in [0.5, 0.6) is 0 Å². The molecule has 1 unspecified atom stereocenters. The number of aliphatic hydroxyl groups is 1. The minimum Gasteiger partial charge on any atom is -0.462 e. The normalized spacial score (nSPS) is 12.7. The van der Waals surface area contributed by atoms with Crippen molar-refractivity contribution in [1.82, 2.24) is 0 Å². The molecule has 10 heavy (non-hydrogen) atoms. The monoisotopic (exact) mass is 166 g/mol. The summed E-state index contributed by atoms with van der Waals surface area (Å²) >= 11 is 5.12. The highest BCUT2D eigenvalue weighted by molar-refractivity contribution is 6.26. The first-order valence-electron chi connectivity index (χ1n) is 3.10. The average Bonchev–Trinajstić information content (AvgIpc) is 1.99. The van der Waals surface area contributed by atoms with Gasteiger partial charge in [-0.05, 0) is 6.42 Å². The van der Waals surface area contributed by atoms with Gasteiger partial charge in [-0.3, -0.25) is 4.79 Å². The Balaban J connectivity index is 3.26. The van der Waals surface area contributed by atoms with E-state index in [0.29, 0.717) is 6.42 Å². The molecule has 0 fully saturated rings. The van der Waals surface area contributed by atoms with E-state index in [1.54, 1.807) is 6.92 Å². The Kier molecular flexibility index (Phi) is 5.35. The molecule has 0 heterocycles. The second kappa shape index (κ2) is 5.50. The molecule has 0 aliphatic heterocycles. The minimum atomic E-state index is -0.563. The largest absolute Gasteiger partial charge is 0.462 e. The van der Waals surface area contributed by atoms with Crippen molar-refractivity contribution in [3.63, 3.8) is 0 Å². The predicted molar refractivity (Wildman–Crippen MR) is 38.0 cm³/mol. The zero-order chi connectivity index (χ0) is 7.98. The molecule has 4 heteroatoms. The number of hydrogen-bond acceptors (Lipinski definition) is 3. The Morgan fingerprint density at radius 1 is 1.80 bits per heavy atom. The fourth-order valence-corrected chi connectivity index (χ4v) is 0.423. The number of ether oxygens (including phenoxy) is 1. The molecule has 0 aromatic heterocycles. The van der Waals surface area contributed by atoms with Crippen molar-refractivity contribution in [2.75, 3.05) is 12.5 Å². The van der Waals surface area contributed by atoms with E-state index in [4.69, 9.17) is 16.7 Å². The van der Waals surface area contributed by atoms with Crippen LogP contribution in [0.3, 0.4) is 0 Å². The molecule has 0 radical (unpaired) electrons. The molecule has 0 aromatic carbocycles. The first-order chi connectivity index (χ1) is 4.70. The quantitative estimate of drug-likeness (QED) is 0.490. The van der Waals surface area contributed by atoms with Crippen LogP contribution in [-0.4, -0.2) is 29.7 Å². The summed E-state index contributed by atoms with van der Waals surface area (Å²) in [6.07, 6.45) is 0.0161. The third-order valence-corrected chi connectivity index (χ3v) is 1.24. The third kappa shape index (κ3) is 4.58. The Hall–Kier alpha value is -0.280. The molecule has 0 aliphatic rings. The number of aliphatic hydroxyl groups excluding tert-OH is 1. The lowest BCUT2D eigenvalue weighted by molar-refractivity contribution is -0.143. The van der Waals surface area contributed by atoms with Crippen molar-refractivity contribution in [2.24, 2.45) is 0 Å². The molecular weight excluding hydrogens is 156 g/mol. The SMILES string of the molecule is CCC(O)COC(=O)CCl. The van der Waals surface area contributed by atoms with Crippen LogP contribution in [0.1, 0.15) is 13.3 Å². The zero-order valence-electron chi connectivity index (χ0n) is 5.84. The molecule has 0 rings (SSSR count). The van der Waals surface area contributed by atoms with Gasteiger partial charge in [0.25, 0.3) is 0 Å². The molecule has 0 saturated heterocycles. The maximum Gasteiger partial charge on any atom is 0.320 e. The minimum absolute atomic E-state index is 0.0437. The van der Waals surface area contributed by atoms with Crippen LogP contribution in [0, 0.1) is 0 Å². The molecule has 0 bridgehead atoms. The Bertz CT molecular complexity index is 105. The maximum absolute atomic E-state index is 10.4. The fourth-order valence-electron chi connectivity index (χ4n) is 0.346. The number of alkyl halides is 1. The average molecular weight is 167 g/mol. The van der Waals surface area contributed by atoms with Crippen LogP contribution in [0.2, 0.25) is 0 Å². The van der Waals surface area contributed by atoms with E-state index in [-0.39, 0.29) is 12.5 Å². The lowest BCUT2D eigenvalue weighted by Gasteiger charge is -2.06. The van der Waals surface area contributed by atoms with Gasteiger partial charge in [-0.25, -0.2) is 0 Å². The molecule has 0 amide bonds. The topological polar surface area (TPSA) is 46.5 Å². The van der Waals surface area contributed by atoms with E-state index < -0.39 is 12.1 Å². The first kappa shape index (κ1) is 9.72. The van der Waals surface area contributed by atoms with Crippen molar-refractivity contribution in [1.29, 1.82) is 0 Å². The zero-order valence-corrected chi connectivity index (χ0v) is 6.60. The highest BCUT2D eigenvalue weighted by atomic mass is 35.5. The summed E-state index contributed by atoms with van der Waals surface area (Å²) in [5, 5.41) is 8.88. The number of rotatable bonds is 4. The van der Waals surface area contributed by atoms with Crippen LogP contribution in [0.15, 0.2) is 0 Å². The Morgan fingerprint density at radius 2 is 2.40 bits per heavy atom. The van der Waals surface area contributed by atoms with Gasteiger partial charge in [-0.2, -0.15) is 0 Å². The van der Waals surface area contributed by atoms with Crippen LogP contribution in [0.25, 0.3) is 0 Å². The molecule has 0 saturated carbocycles. The van der Waals surface area contributed by atoms with E-state index >= 15 is 0 Å². The maximum atomic E-state index is 10.4. The van der Waals surface area contributed by atoms with Crippen molar-refractivity contribution < 1.29 is 14.6 Å². The van der Waals surface area contributed by atoms with E-state index in [1.165, 1.54) is 0 Å². The summed E-state index contributed by atoms with van der Waals surface area (Å²) in [5.41, 5.74) is 0. The lowest BCUT2D eigenvalue weighted by Crippen LogP contribution is -2.18. The molecule has 0 aliphatic carbocycles.